The molecule has 0 fully saturated rings. The summed E-state index contributed by atoms with van der Waals surface area (Å²) >= 11 is 0. The molecular weight excluding hydrogens is 362 g/mol. The highest BCUT2D eigenvalue weighted by Crippen LogP contribution is 2.41. The van der Waals surface area contributed by atoms with E-state index in [-0.39, 0.29) is 11.4 Å². The Morgan fingerprint density at radius 3 is 2.44 bits per heavy atom. The number of carbonyl (C=O) groups is 1. The molecule has 1 aliphatic rings. The molecule has 0 aliphatic carbocycles. The number of anilines is 1. The number of hydrogen-bond acceptors (Lipinski definition) is 4. The van der Waals surface area contributed by atoms with Gasteiger partial charge in [-0.2, -0.15) is 5.10 Å². The molecule has 7 heteroatoms. The first kappa shape index (κ1) is 17.2. The number of nitrogens with one attached hydrogen (secondary N) is 1. The summed E-state index contributed by atoms with van der Waals surface area (Å²) in [5.41, 5.74) is 4.48. The fourth-order valence-corrected chi connectivity index (χ4v) is 4.85. The zero-order chi connectivity index (χ0) is 19.0. The molecule has 0 aromatic heterocycles. The number of nitrogens with zero attached hydrogens (tertiary/aromatic N) is 2. The lowest BCUT2D eigenvalue weighted by Gasteiger charge is -2.17. The molecule has 0 saturated carbocycles. The van der Waals surface area contributed by atoms with Gasteiger partial charge in [-0.15, -0.1) is 0 Å². The highest BCUT2D eigenvalue weighted by molar-refractivity contribution is 7.93. The van der Waals surface area contributed by atoms with Gasteiger partial charge in [-0.05, 0) is 30.0 Å². The van der Waals surface area contributed by atoms with Gasteiger partial charge in [0.25, 0.3) is 15.9 Å². The number of hydrazone groups is 1. The minimum atomic E-state index is -3.76. The van der Waals surface area contributed by atoms with Gasteiger partial charge in [0.05, 0.1) is 16.3 Å². The SMILES string of the molecule is C/C(=N/NC(=O)CN1c2cccc3cccc(c23)S1(=O)=O)c1ccccc1. The van der Waals surface area contributed by atoms with Gasteiger partial charge in [-0.25, -0.2) is 13.8 Å². The van der Waals surface area contributed by atoms with Crippen LogP contribution in [0.5, 0.6) is 0 Å². The summed E-state index contributed by atoms with van der Waals surface area (Å²) in [6.45, 7) is 1.44. The predicted octanol–water partition coefficient (Wildman–Crippen LogP) is 2.89. The van der Waals surface area contributed by atoms with E-state index >= 15 is 0 Å². The van der Waals surface area contributed by atoms with Crippen molar-refractivity contribution in [2.45, 2.75) is 11.8 Å². The number of carbonyl (C=O) groups excluding carboxylic acids is 1. The topological polar surface area (TPSA) is 78.8 Å². The van der Waals surface area contributed by atoms with Gasteiger partial charge in [-0.3, -0.25) is 9.10 Å². The van der Waals surface area contributed by atoms with Crippen LogP contribution in [0.1, 0.15) is 12.5 Å². The molecule has 0 bridgehead atoms. The Bertz CT molecular complexity index is 1170. The lowest BCUT2D eigenvalue weighted by molar-refractivity contribution is -0.119. The maximum atomic E-state index is 12.9. The van der Waals surface area contributed by atoms with E-state index < -0.39 is 15.9 Å². The Hall–Kier alpha value is -3.19. The lowest BCUT2D eigenvalue weighted by Crippen LogP contribution is -2.37. The van der Waals surface area contributed by atoms with Crippen LogP contribution in [0, 0.1) is 0 Å². The van der Waals surface area contributed by atoms with Gasteiger partial charge in [0.2, 0.25) is 0 Å². The molecule has 0 unspecified atom stereocenters. The number of sulfonamides is 1. The van der Waals surface area contributed by atoms with Crippen LogP contribution in [0.4, 0.5) is 5.69 Å². The highest BCUT2D eigenvalue weighted by Gasteiger charge is 2.36. The number of amides is 1. The lowest BCUT2D eigenvalue weighted by atomic mass is 10.1. The zero-order valence-electron chi connectivity index (χ0n) is 14.6. The van der Waals surface area contributed by atoms with Gasteiger partial charge in [0.1, 0.15) is 6.54 Å². The maximum absolute atomic E-state index is 12.9. The summed E-state index contributed by atoms with van der Waals surface area (Å²) in [7, 11) is -3.76. The normalized spacial score (nSPS) is 15.1. The van der Waals surface area contributed by atoms with E-state index in [1.165, 1.54) is 0 Å². The van der Waals surface area contributed by atoms with Crippen LogP contribution in [0.15, 0.2) is 76.7 Å². The molecule has 0 radical (unpaired) electrons. The minimum Gasteiger partial charge on any atom is -0.271 e. The average Bonchev–Trinajstić information content (AvgIpc) is 2.90. The summed E-state index contributed by atoms with van der Waals surface area (Å²) in [5.74, 6) is -0.501. The second kappa shape index (κ2) is 6.51. The van der Waals surface area contributed by atoms with Crippen LogP contribution >= 0.6 is 0 Å². The fraction of sp³-hybridized carbons (Fsp3) is 0.100. The molecule has 1 aliphatic heterocycles. The Kier molecular flexibility index (Phi) is 4.16. The van der Waals surface area contributed by atoms with E-state index in [0.29, 0.717) is 16.8 Å². The summed E-state index contributed by atoms with van der Waals surface area (Å²) < 4.78 is 26.9. The molecule has 27 heavy (non-hydrogen) atoms. The molecule has 1 N–H and O–H groups in total. The maximum Gasteiger partial charge on any atom is 0.265 e. The minimum absolute atomic E-state index is 0.229. The largest absolute Gasteiger partial charge is 0.271 e. The molecule has 3 aromatic carbocycles. The molecule has 136 valence electrons. The first-order valence-electron chi connectivity index (χ1n) is 8.41. The quantitative estimate of drug-likeness (QED) is 0.559. The number of rotatable bonds is 4. The molecule has 1 amide bonds. The van der Waals surface area contributed by atoms with Crippen LogP contribution < -0.4 is 9.73 Å². The molecule has 6 nitrogen and oxygen atoms in total. The Labute approximate surface area is 157 Å². The third kappa shape index (κ3) is 2.96. The van der Waals surface area contributed by atoms with Crippen molar-refractivity contribution in [3.05, 3.63) is 72.3 Å². The number of hydrogen-bond donors (Lipinski definition) is 1. The smallest absolute Gasteiger partial charge is 0.265 e. The van der Waals surface area contributed by atoms with Crippen molar-refractivity contribution in [3.63, 3.8) is 0 Å². The van der Waals surface area contributed by atoms with Crippen molar-refractivity contribution in [3.8, 4) is 0 Å². The van der Waals surface area contributed by atoms with Crippen molar-refractivity contribution >= 4 is 38.1 Å². The summed E-state index contributed by atoms with van der Waals surface area (Å²) in [6, 6.07) is 19.9. The average molecular weight is 379 g/mol. The fourth-order valence-electron chi connectivity index (χ4n) is 3.18. The van der Waals surface area contributed by atoms with E-state index in [2.05, 4.69) is 10.5 Å². The van der Waals surface area contributed by atoms with Crippen LogP contribution in [-0.4, -0.2) is 26.6 Å². The first-order valence-corrected chi connectivity index (χ1v) is 9.85. The van der Waals surface area contributed by atoms with Gasteiger partial charge >= 0.3 is 0 Å². The third-order valence-corrected chi connectivity index (χ3v) is 6.31. The first-order chi connectivity index (χ1) is 13.0. The molecule has 0 atom stereocenters. The van der Waals surface area contributed by atoms with Gasteiger partial charge in [0.15, 0.2) is 0 Å². The van der Waals surface area contributed by atoms with E-state index in [1.54, 1.807) is 31.2 Å². The zero-order valence-corrected chi connectivity index (χ0v) is 15.4. The van der Waals surface area contributed by atoms with Gasteiger partial charge in [-0.1, -0.05) is 54.6 Å². The number of benzene rings is 3. The van der Waals surface area contributed by atoms with Crippen LogP contribution in [0.2, 0.25) is 0 Å². The Balaban J connectivity index is 1.58. The Morgan fingerprint density at radius 2 is 1.70 bits per heavy atom. The Morgan fingerprint density at radius 1 is 1.00 bits per heavy atom. The van der Waals surface area contributed by atoms with Crippen molar-refractivity contribution in [2.24, 2.45) is 5.10 Å². The molecule has 0 spiro atoms. The van der Waals surface area contributed by atoms with Crippen LogP contribution in [0.25, 0.3) is 10.8 Å². The highest BCUT2D eigenvalue weighted by atomic mass is 32.2. The second-order valence-corrected chi connectivity index (χ2v) is 8.07. The molecule has 4 rings (SSSR count). The molecule has 1 heterocycles. The predicted molar refractivity (Wildman–Crippen MR) is 105 cm³/mol. The van der Waals surface area contributed by atoms with Crippen molar-refractivity contribution in [1.29, 1.82) is 0 Å². The summed E-state index contributed by atoms with van der Waals surface area (Å²) in [4.78, 5) is 12.6. The van der Waals surface area contributed by atoms with Crippen LogP contribution in [-0.2, 0) is 14.8 Å². The van der Waals surface area contributed by atoms with Gasteiger partial charge < -0.3 is 0 Å². The molecular formula is C20H17N3O3S. The van der Waals surface area contributed by atoms with Crippen LogP contribution in [0.3, 0.4) is 0 Å². The standard InChI is InChI=1S/C20H17N3O3S/c1-14(15-7-3-2-4-8-15)21-22-19(24)13-23-17-11-5-9-16-10-6-12-18(20(16)17)27(23,25)26/h2-12H,13H2,1H3,(H,22,24)/b21-14-. The monoisotopic (exact) mass is 379 g/mol. The van der Waals surface area contributed by atoms with E-state index in [0.717, 1.165) is 15.3 Å². The van der Waals surface area contributed by atoms with E-state index in [9.17, 15) is 13.2 Å². The van der Waals surface area contributed by atoms with Gasteiger partial charge in [0, 0.05) is 5.39 Å². The van der Waals surface area contributed by atoms with E-state index in [1.807, 2.05) is 42.5 Å². The molecule has 0 saturated heterocycles. The van der Waals surface area contributed by atoms with Crippen molar-refractivity contribution in [1.82, 2.24) is 5.43 Å². The summed E-state index contributed by atoms with van der Waals surface area (Å²) in [5, 5.41) is 5.56. The summed E-state index contributed by atoms with van der Waals surface area (Å²) in [6.07, 6.45) is 0. The van der Waals surface area contributed by atoms with Crippen molar-refractivity contribution in [2.75, 3.05) is 10.8 Å². The molecule has 3 aromatic rings. The third-order valence-electron chi connectivity index (χ3n) is 4.51. The van der Waals surface area contributed by atoms with E-state index in [4.69, 9.17) is 0 Å². The second-order valence-electron chi connectivity index (χ2n) is 6.24. The van der Waals surface area contributed by atoms with Crippen molar-refractivity contribution < 1.29 is 13.2 Å².